The van der Waals surface area contributed by atoms with Gasteiger partial charge in [0.25, 0.3) is 5.56 Å². The molecule has 2 amide bonds. The van der Waals surface area contributed by atoms with Gasteiger partial charge >= 0.3 is 6.03 Å². The molecule has 0 radical (unpaired) electrons. The highest BCUT2D eigenvalue weighted by Gasteiger charge is 2.17. The lowest BCUT2D eigenvalue weighted by Crippen LogP contribution is -2.44. The number of urea groups is 1. The first-order valence-corrected chi connectivity index (χ1v) is 9.55. The van der Waals surface area contributed by atoms with E-state index in [0.717, 1.165) is 5.56 Å². The first-order valence-electron chi connectivity index (χ1n) is 9.17. The fourth-order valence-corrected chi connectivity index (χ4v) is 2.86. The molecular weight excluding hydrogens is 380 g/mol. The van der Waals surface area contributed by atoms with Crippen LogP contribution < -0.4 is 10.9 Å². The number of aryl methyl sites for hydroxylation is 1. The SMILES string of the molecule is COCCN(Cc1nc(C)c(Cc2ccc(Cl)cc2)c(=O)[nH]1)C(=O)NC(C)C. The number of aromatic nitrogens is 2. The molecule has 0 aliphatic heterocycles. The Hall–Kier alpha value is -2.38. The summed E-state index contributed by atoms with van der Waals surface area (Å²) in [5, 5.41) is 3.50. The van der Waals surface area contributed by atoms with E-state index < -0.39 is 0 Å². The molecule has 0 fully saturated rings. The van der Waals surface area contributed by atoms with Crippen molar-refractivity contribution in [3.63, 3.8) is 0 Å². The molecule has 0 spiro atoms. The summed E-state index contributed by atoms with van der Waals surface area (Å²) < 4.78 is 5.08. The number of H-pyrrole nitrogens is 1. The summed E-state index contributed by atoms with van der Waals surface area (Å²) in [5.41, 5.74) is 2.02. The average molecular weight is 407 g/mol. The molecule has 0 saturated carbocycles. The molecule has 0 unspecified atom stereocenters. The van der Waals surface area contributed by atoms with E-state index in [2.05, 4.69) is 15.3 Å². The lowest BCUT2D eigenvalue weighted by molar-refractivity contribution is 0.144. The second-order valence-corrected chi connectivity index (χ2v) is 7.33. The fourth-order valence-electron chi connectivity index (χ4n) is 2.73. The van der Waals surface area contributed by atoms with Crippen LogP contribution in [0.4, 0.5) is 4.79 Å². The highest BCUT2D eigenvalue weighted by Crippen LogP contribution is 2.13. The third-order valence-corrected chi connectivity index (χ3v) is 4.42. The molecule has 2 rings (SSSR count). The maximum Gasteiger partial charge on any atom is 0.318 e. The van der Waals surface area contributed by atoms with E-state index >= 15 is 0 Å². The minimum absolute atomic E-state index is 0.00745. The molecule has 8 heteroatoms. The van der Waals surface area contributed by atoms with E-state index in [4.69, 9.17) is 16.3 Å². The van der Waals surface area contributed by atoms with Crippen LogP contribution in [-0.4, -0.2) is 47.2 Å². The van der Waals surface area contributed by atoms with Gasteiger partial charge in [0, 0.05) is 42.4 Å². The van der Waals surface area contributed by atoms with Gasteiger partial charge in [0.05, 0.1) is 13.2 Å². The molecule has 1 heterocycles. The van der Waals surface area contributed by atoms with Crippen molar-refractivity contribution in [3.05, 3.63) is 62.3 Å². The number of hydrogen-bond donors (Lipinski definition) is 2. The van der Waals surface area contributed by atoms with E-state index in [-0.39, 0.29) is 24.2 Å². The molecule has 0 aliphatic carbocycles. The summed E-state index contributed by atoms with van der Waals surface area (Å²) in [4.78, 5) is 33.9. The summed E-state index contributed by atoms with van der Waals surface area (Å²) in [7, 11) is 1.58. The number of nitrogens with one attached hydrogen (secondary N) is 2. The molecule has 0 saturated heterocycles. The van der Waals surface area contributed by atoms with Crippen molar-refractivity contribution in [1.82, 2.24) is 20.2 Å². The maximum atomic E-state index is 12.6. The second kappa shape index (κ2) is 10.2. The van der Waals surface area contributed by atoms with Gasteiger partial charge in [-0.05, 0) is 38.5 Å². The van der Waals surface area contributed by atoms with Crippen LogP contribution in [-0.2, 0) is 17.7 Å². The normalized spacial score (nSPS) is 10.9. The molecule has 2 aromatic rings. The third-order valence-electron chi connectivity index (χ3n) is 4.17. The van der Waals surface area contributed by atoms with Gasteiger partial charge in [-0.25, -0.2) is 9.78 Å². The summed E-state index contributed by atoms with van der Waals surface area (Å²) in [6.45, 7) is 6.56. The number of rotatable bonds is 8. The van der Waals surface area contributed by atoms with Crippen LogP contribution in [0.5, 0.6) is 0 Å². The number of hydrogen-bond acceptors (Lipinski definition) is 4. The van der Waals surface area contributed by atoms with E-state index in [1.807, 2.05) is 26.0 Å². The number of ether oxygens (including phenoxy) is 1. The Morgan fingerprint density at radius 3 is 2.57 bits per heavy atom. The topological polar surface area (TPSA) is 87.3 Å². The van der Waals surface area contributed by atoms with Crippen LogP contribution in [0.15, 0.2) is 29.1 Å². The van der Waals surface area contributed by atoms with Crippen molar-refractivity contribution < 1.29 is 9.53 Å². The van der Waals surface area contributed by atoms with E-state index in [0.29, 0.717) is 41.7 Å². The van der Waals surface area contributed by atoms with Crippen molar-refractivity contribution in [2.45, 2.75) is 39.8 Å². The van der Waals surface area contributed by atoms with Crippen LogP contribution in [0.3, 0.4) is 0 Å². The standard InChI is InChI=1S/C20H27ClN4O3/c1-13(2)22-20(27)25(9-10-28-4)12-18-23-14(3)17(19(26)24-18)11-15-5-7-16(21)8-6-15/h5-8,13H,9-12H2,1-4H3,(H,22,27)(H,23,24,26). The third kappa shape index (κ3) is 6.35. The first-order chi connectivity index (χ1) is 13.3. The van der Waals surface area contributed by atoms with Gasteiger partial charge in [-0.15, -0.1) is 0 Å². The zero-order valence-corrected chi connectivity index (χ0v) is 17.5. The van der Waals surface area contributed by atoms with Crippen LogP contribution in [0.2, 0.25) is 5.02 Å². The number of halogens is 1. The van der Waals surface area contributed by atoms with Crippen LogP contribution in [0, 0.1) is 6.92 Å². The molecule has 0 atom stereocenters. The fraction of sp³-hybridized carbons (Fsp3) is 0.450. The van der Waals surface area contributed by atoms with Gasteiger partial charge in [0.15, 0.2) is 0 Å². The number of benzene rings is 1. The van der Waals surface area contributed by atoms with E-state index in [1.165, 1.54) is 0 Å². The number of carbonyl (C=O) groups is 1. The molecule has 152 valence electrons. The Labute approximate surface area is 170 Å². The number of aromatic amines is 1. The zero-order chi connectivity index (χ0) is 20.7. The molecule has 0 aliphatic rings. The Balaban J connectivity index is 2.19. The largest absolute Gasteiger partial charge is 0.383 e. The van der Waals surface area contributed by atoms with Crippen molar-refractivity contribution in [2.75, 3.05) is 20.3 Å². The van der Waals surface area contributed by atoms with Gasteiger partial charge in [0.2, 0.25) is 0 Å². The van der Waals surface area contributed by atoms with Crippen LogP contribution in [0.25, 0.3) is 0 Å². The molecule has 1 aromatic carbocycles. The zero-order valence-electron chi connectivity index (χ0n) is 16.7. The lowest BCUT2D eigenvalue weighted by Gasteiger charge is -2.23. The van der Waals surface area contributed by atoms with Gasteiger partial charge in [-0.2, -0.15) is 0 Å². The predicted molar refractivity (Wildman–Crippen MR) is 110 cm³/mol. The average Bonchev–Trinajstić information content (AvgIpc) is 2.62. The Kier molecular flexibility index (Phi) is 8.02. The van der Waals surface area contributed by atoms with E-state index in [1.54, 1.807) is 31.1 Å². The minimum atomic E-state index is -0.224. The van der Waals surface area contributed by atoms with Crippen LogP contribution in [0.1, 0.15) is 36.5 Å². The second-order valence-electron chi connectivity index (χ2n) is 6.90. The van der Waals surface area contributed by atoms with Crippen molar-refractivity contribution in [3.8, 4) is 0 Å². The Morgan fingerprint density at radius 1 is 1.32 bits per heavy atom. The van der Waals surface area contributed by atoms with E-state index in [9.17, 15) is 9.59 Å². The Morgan fingerprint density at radius 2 is 2.00 bits per heavy atom. The quantitative estimate of drug-likeness (QED) is 0.705. The van der Waals surface area contributed by atoms with Gasteiger partial charge in [0.1, 0.15) is 5.82 Å². The highest BCUT2D eigenvalue weighted by molar-refractivity contribution is 6.30. The smallest absolute Gasteiger partial charge is 0.318 e. The van der Waals surface area contributed by atoms with Crippen LogP contribution >= 0.6 is 11.6 Å². The molecular formula is C20H27ClN4O3. The number of methoxy groups -OCH3 is 1. The summed E-state index contributed by atoms with van der Waals surface area (Å²) in [6.07, 6.45) is 0.465. The van der Waals surface area contributed by atoms with Crippen molar-refractivity contribution in [1.29, 1.82) is 0 Å². The van der Waals surface area contributed by atoms with Crippen molar-refractivity contribution in [2.24, 2.45) is 0 Å². The lowest BCUT2D eigenvalue weighted by atomic mass is 10.1. The maximum absolute atomic E-state index is 12.6. The summed E-state index contributed by atoms with van der Waals surface area (Å²) in [5.74, 6) is 0.442. The molecule has 1 aromatic heterocycles. The van der Waals surface area contributed by atoms with Crippen molar-refractivity contribution >= 4 is 17.6 Å². The Bertz CT molecular complexity index is 850. The first kappa shape index (κ1) is 21.9. The number of carbonyl (C=O) groups excluding carboxylic acids is 1. The number of nitrogens with zero attached hydrogens (tertiary/aromatic N) is 2. The van der Waals surface area contributed by atoms with Gasteiger partial charge in [-0.1, -0.05) is 23.7 Å². The predicted octanol–water partition coefficient (Wildman–Crippen LogP) is 2.89. The molecule has 0 bridgehead atoms. The summed E-state index contributed by atoms with van der Waals surface area (Å²) in [6, 6.07) is 7.15. The summed E-state index contributed by atoms with van der Waals surface area (Å²) >= 11 is 5.91. The molecule has 7 nitrogen and oxygen atoms in total. The molecule has 28 heavy (non-hydrogen) atoms. The highest BCUT2D eigenvalue weighted by atomic mass is 35.5. The minimum Gasteiger partial charge on any atom is -0.383 e. The monoisotopic (exact) mass is 406 g/mol. The van der Waals surface area contributed by atoms with Gasteiger partial charge in [-0.3, -0.25) is 4.79 Å². The van der Waals surface area contributed by atoms with Gasteiger partial charge < -0.3 is 19.9 Å². The molecule has 2 N–H and O–H groups in total. The number of amides is 2.